The number of benzene rings is 2. The molecule has 0 aliphatic heterocycles. The summed E-state index contributed by atoms with van der Waals surface area (Å²) in [6, 6.07) is 21.8. The minimum absolute atomic E-state index is 0.943. The number of halogens is 1. The summed E-state index contributed by atoms with van der Waals surface area (Å²) in [7, 11) is -0.943. The standard InChI is InChI=1S/C13H13ISi/c14-11-15(12-7-3-1-4-8-12)13-9-5-2-6-10-13/h1-10,15H,11H2. The summed E-state index contributed by atoms with van der Waals surface area (Å²) >= 11 is 2.52. The maximum atomic E-state index is 2.52. The normalized spacial score (nSPS) is 10.5. The van der Waals surface area contributed by atoms with Crippen LogP contribution in [0.15, 0.2) is 60.7 Å². The molecule has 0 aliphatic carbocycles. The van der Waals surface area contributed by atoms with E-state index < -0.39 is 8.80 Å². The average Bonchev–Trinajstić information content (AvgIpc) is 2.33. The maximum absolute atomic E-state index is 2.52. The van der Waals surface area contributed by atoms with Crippen molar-refractivity contribution in [3.05, 3.63) is 60.7 Å². The zero-order valence-corrected chi connectivity index (χ0v) is 11.7. The minimum atomic E-state index is -0.943. The molecule has 0 N–H and O–H groups in total. The van der Waals surface area contributed by atoms with Crippen LogP contribution in [0.25, 0.3) is 0 Å². The van der Waals surface area contributed by atoms with Crippen LogP contribution in [-0.4, -0.2) is 12.8 Å². The lowest BCUT2D eigenvalue weighted by Crippen LogP contribution is -2.43. The van der Waals surface area contributed by atoms with E-state index >= 15 is 0 Å². The lowest BCUT2D eigenvalue weighted by atomic mass is 10.4. The zero-order valence-electron chi connectivity index (χ0n) is 8.44. The summed E-state index contributed by atoms with van der Waals surface area (Å²) < 4.78 is 1.26. The van der Waals surface area contributed by atoms with E-state index in [0.29, 0.717) is 0 Å². The van der Waals surface area contributed by atoms with Crippen LogP contribution < -0.4 is 10.4 Å². The predicted octanol–water partition coefficient (Wildman–Crippen LogP) is 2.00. The Balaban J connectivity index is 2.34. The highest BCUT2D eigenvalue weighted by Gasteiger charge is 2.13. The van der Waals surface area contributed by atoms with Gasteiger partial charge in [-0.1, -0.05) is 93.6 Å². The molecule has 2 rings (SSSR count). The molecule has 0 aliphatic rings. The first-order chi connectivity index (χ1) is 7.42. The topological polar surface area (TPSA) is 0 Å². The molecule has 0 unspecified atom stereocenters. The summed E-state index contributed by atoms with van der Waals surface area (Å²) in [4.78, 5) is 0. The van der Waals surface area contributed by atoms with Gasteiger partial charge < -0.3 is 0 Å². The van der Waals surface area contributed by atoms with Gasteiger partial charge in [0, 0.05) is 4.05 Å². The van der Waals surface area contributed by atoms with Gasteiger partial charge in [0.25, 0.3) is 0 Å². The highest BCUT2D eigenvalue weighted by molar-refractivity contribution is 14.1. The fraction of sp³-hybridized carbons (Fsp3) is 0.0769. The van der Waals surface area contributed by atoms with Crippen molar-refractivity contribution in [2.24, 2.45) is 0 Å². The van der Waals surface area contributed by atoms with Crippen LogP contribution in [0.1, 0.15) is 0 Å². The molecule has 0 bridgehead atoms. The Morgan fingerprint density at radius 3 is 1.47 bits per heavy atom. The first-order valence-corrected chi connectivity index (χ1v) is 8.57. The molecular weight excluding hydrogens is 311 g/mol. The van der Waals surface area contributed by atoms with E-state index in [1.165, 1.54) is 14.4 Å². The van der Waals surface area contributed by atoms with Crippen molar-refractivity contribution in [3.63, 3.8) is 0 Å². The molecule has 0 saturated heterocycles. The molecule has 76 valence electrons. The van der Waals surface area contributed by atoms with E-state index in [0.717, 1.165) is 0 Å². The van der Waals surface area contributed by atoms with E-state index in [-0.39, 0.29) is 0 Å². The van der Waals surface area contributed by atoms with Crippen LogP contribution >= 0.6 is 22.6 Å². The van der Waals surface area contributed by atoms with Gasteiger partial charge in [-0.3, -0.25) is 0 Å². The van der Waals surface area contributed by atoms with Gasteiger partial charge in [-0.15, -0.1) is 0 Å². The largest absolute Gasteiger partial charge is 0.112 e. The fourth-order valence-electron chi connectivity index (χ4n) is 1.74. The molecule has 15 heavy (non-hydrogen) atoms. The summed E-state index contributed by atoms with van der Waals surface area (Å²) in [6.45, 7) is 0. The maximum Gasteiger partial charge on any atom is 0.112 e. The molecule has 0 radical (unpaired) electrons. The van der Waals surface area contributed by atoms with Crippen LogP contribution in [0, 0.1) is 0 Å². The highest BCUT2D eigenvalue weighted by Crippen LogP contribution is 1.96. The third kappa shape index (κ3) is 2.69. The minimum Gasteiger partial charge on any atom is -0.0893 e. The summed E-state index contributed by atoms with van der Waals surface area (Å²) in [5, 5.41) is 3.08. The Labute approximate surface area is 106 Å². The van der Waals surface area contributed by atoms with Crippen molar-refractivity contribution >= 4 is 41.8 Å². The Morgan fingerprint density at radius 2 is 1.13 bits per heavy atom. The van der Waals surface area contributed by atoms with Crippen LogP contribution in [0.3, 0.4) is 0 Å². The Hall–Kier alpha value is -0.613. The Morgan fingerprint density at radius 1 is 0.733 bits per heavy atom. The number of hydrogen-bond donors (Lipinski definition) is 0. The fourth-order valence-corrected chi connectivity index (χ4v) is 6.91. The molecular formula is C13H13ISi. The summed E-state index contributed by atoms with van der Waals surface area (Å²) in [5.41, 5.74) is 0. The first-order valence-electron chi connectivity index (χ1n) is 5.07. The Kier molecular flexibility index (Phi) is 3.97. The van der Waals surface area contributed by atoms with Crippen LogP contribution in [0.4, 0.5) is 0 Å². The van der Waals surface area contributed by atoms with Gasteiger partial charge in [0.1, 0.15) is 8.80 Å². The van der Waals surface area contributed by atoms with Crippen LogP contribution in [0.2, 0.25) is 0 Å². The molecule has 2 aromatic carbocycles. The van der Waals surface area contributed by atoms with Gasteiger partial charge in [-0.25, -0.2) is 0 Å². The van der Waals surface area contributed by atoms with Crippen molar-refractivity contribution in [2.75, 3.05) is 4.05 Å². The predicted molar refractivity (Wildman–Crippen MR) is 78.2 cm³/mol. The van der Waals surface area contributed by atoms with E-state index in [1.54, 1.807) is 0 Å². The molecule has 0 saturated carbocycles. The monoisotopic (exact) mass is 324 g/mol. The van der Waals surface area contributed by atoms with Gasteiger partial charge in [0.15, 0.2) is 0 Å². The molecule has 0 spiro atoms. The molecule has 0 atom stereocenters. The molecule has 0 amide bonds. The van der Waals surface area contributed by atoms with Gasteiger partial charge in [0.2, 0.25) is 0 Å². The van der Waals surface area contributed by atoms with Crippen molar-refractivity contribution in [1.29, 1.82) is 0 Å². The lowest BCUT2D eigenvalue weighted by molar-refractivity contribution is 1.72. The smallest absolute Gasteiger partial charge is 0.0893 e. The summed E-state index contributed by atoms with van der Waals surface area (Å²) in [6.07, 6.45) is 0. The van der Waals surface area contributed by atoms with Crippen molar-refractivity contribution < 1.29 is 0 Å². The second kappa shape index (κ2) is 5.46. The highest BCUT2D eigenvalue weighted by atomic mass is 127. The van der Waals surface area contributed by atoms with E-state index in [1.807, 2.05) is 0 Å². The van der Waals surface area contributed by atoms with Gasteiger partial charge >= 0.3 is 0 Å². The third-order valence-corrected chi connectivity index (χ3v) is 7.89. The Bertz CT molecular complexity index is 360. The van der Waals surface area contributed by atoms with Gasteiger partial charge in [-0.05, 0) is 0 Å². The van der Waals surface area contributed by atoms with Crippen LogP contribution in [-0.2, 0) is 0 Å². The number of rotatable bonds is 3. The molecule has 0 aromatic heterocycles. The molecule has 0 fully saturated rings. The number of alkyl halides is 1. The molecule has 2 aromatic rings. The second-order valence-electron chi connectivity index (χ2n) is 3.53. The van der Waals surface area contributed by atoms with Crippen molar-refractivity contribution in [2.45, 2.75) is 0 Å². The van der Waals surface area contributed by atoms with Crippen molar-refractivity contribution in [1.82, 2.24) is 0 Å². The van der Waals surface area contributed by atoms with Crippen molar-refractivity contribution in [3.8, 4) is 0 Å². The second-order valence-corrected chi connectivity index (χ2v) is 8.92. The van der Waals surface area contributed by atoms with Gasteiger partial charge in [0.05, 0.1) is 0 Å². The van der Waals surface area contributed by atoms with E-state index in [4.69, 9.17) is 0 Å². The number of hydrogen-bond acceptors (Lipinski definition) is 0. The third-order valence-electron chi connectivity index (χ3n) is 2.56. The van der Waals surface area contributed by atoms with Gasteiger partial charge in [-0.2, -0.15) is 0 Å². The molecule has 0 heterocycles. The SMILES string of the molecule is IC[SiH](c1ccccc1)c1ccccc1. The summed E-state index contributed by atoms with van der Waals surface area (Å²) in [5.74, 6) is 0. The van der Waals surface area contributed by atoms with Crippen LogP contribution in [0.5, 0.6) is 0 Å². The average molecular weight is 324 g/mol. The quantitative estimate of drug-likeness (QED) is 0.460. The lowest BCUT2D eigenvalue weighted by Gasteiger charge is -2.12. The first kappa shape index (κ1) is 10.9. The molecule has 2 heteroatoms. The zero-order chi connectivity index (χ0) is 10.5. The van der Waals surface area contributed by atoms with E-state index in [2.05, 4.69) is 83.3 Å². The van der Waals surface area contributed by atoms with E-state index in [9.17, 15) is 0 Å². The molecule has 0 nitrogen and oxygen atoms in total.